The lowest BCUT2D eigenvalue weighted by molar-refractivity contribution is -0.138. The van der Waals surface area contributed by atoms with Crippen LogP contribution < -0.4 is 12.3 Å². The lowest BCUT2D eigenvalue weighted by atomic mass is 9.93. The van der Waals surface area contributed by atoms with Gasteiger partial charge >= 0.3 is 17.9 Å². The van der Waals surface area contributed by atoms with E-state index < -0.39 is 49.8 Å². The summed E-state index contributed by atoms with van der Waals surface area (Å²) in [5.41, 5.74) is -1.11. The van der Waals surface area contributed by atoms with Crippen molar-refractivity contribution in [3.63, 3.8) is 0 Å². The first-order chi connectivity index (χ1) is 13.7. The number of aliphatic carboxylic acids is 2. The third-order valence-electron chi connectivity index (χ3n) is 3.74. The number of carbonyl (C=O) groups excluding carboxylic acids is 1. The number of carbonyl (C=O) groups is 3. The van der Waals surface area contributed by atoms with Gasteiger partial charge in [0, 0.05) is 18.9 Å². The van der Waals surface area contributed by atoms with Crippen molar-refractivity contribution in [1.29, 1.82) is 0 Å². The molecule has 0 bridgehead atoms. The molecule has 0 radical (unpaired) electrons. The number of aliphatic hydroxyl groups is 4. The molecule has 0 aliphatic rings. The van der Waals surface area contributed by atoms with Crippen molar-refractivity contribution < 1.29 is 49.8 Å². The van der Waals surface area contributed by atoms with Crippen LogP contribution in [0.2, 0.25) is 0 Å². The minimum Gasteiger partial charge on any atom is -0.481 e. The molecule has 0 amide bonds. The number of carboxylic acid groups (broad SMARTS) is 2. The first kappa shape index (κ1) is 39.4. The number of esters is 1. The van der Waals surface area contributed by atoms with E-state index in [1.165, 1.54) is 7.11 Å². The number of aliphatic hydroxyl groups excluding tert-OH is 4. The summed E-state index contributed by atoms with van der Waals surface area (Å²) in [5.74, 6) is -1.87. The van der Waals surface area contributed by atoms with E-state index in [0.717, 1.165) is 44.6 Å². The fraction of sp³-hybridized carbons (Fsp3) is 0.737. The fourth-order valence-corrected chi connectivity index (χ4v) is 1.64. The van der Waals surface area contributed by atoms with Gasteiger partial charge in [0.25, 0.3) is 0 Å². The fourth-order valence-electron chi connectivity index (χ4n) is 1.64. The molecular formula is C19H42N2O10. The molecule has 12 heteroatoms. The largest absolute Gasteiger partial charge is 0.481 e. The number of methoxy groups -OCH3 is 1. The SMILES string of the molecule is C=CC(=O)OC.N.N.O=C(O)CCCCCCCCC(=O)O.OCC(CO)(CO)CO. The minimum absolute atomic E-state index is 0. The molecule has 12 nitrogen and oxygen atoms in total. The number of unbranched alkanes of at least 4 members (excludes halogenated alkanes) is 5. The molecule has 0 aromatic carbocycles. The third-order valence-corrected chi connectivity index (χ3v) is 3.74. The molecule has 0 saturated heterocycles. The average molecular weight is 459 g/mol. The summed E-state index contributed by atoms with van der Waals surface area (Å²) >= 11 is 0. The Morgan fingerprint density at radius 2 is 1.03 bits per heavy atom. The Morgan fingerprint density at radius 3 is 1.16 bits per heavy atom. The predicted molar refractivity (Wildman–Crippen MR) is 115 cm³/mol. The highest BCUT2D eigenvalue weighted by molar-refractivity contribution is 5.80. The summed E-state index contributed by atoms with van der Waals surface area (Å²) in [4.78, 5) is 30.1. The molecule has 0 heterocycles. The van der Waals surface area contributed by atoms with Gasteiger partial charge in [0.15, 0.2) is 0 Å². The maximum Gasteiger partial charge on any atom is 0.329 e. The molecule has 0 aliphatic carbocycles. The summed E-state index contributed by atoms with van der Waals surface area (Å²) < 4.78 is 4.14. The van der Waals surface area contributed by atoms with E-state index in [1.807, 2.05) is 0 Å². The number of carboxylic acids is 2. The summed E-state index contributed by atoms with van der Waals surface area (Å²) in [7, 11) is 1.31. The molecular weight excluding hydrogens is 416 g/mol. The quantitative estimate of drug-likeness (QED) is 0.103. The van der Waals surface area contributed by atoms with Crippen molar-refractivity contribution in [2.45, 2.75) is 51.4 Å². The first-order valence-electron chi connectivity index (χ1n) is 9.26. The minimum atomic E-state index is -1.11. The van der Waals surface area contributed by atoms with Gasteiger partial charge in [-0.25, -0.2) is 4.79 Å². The van der Waals surface area contributed by atoms with Gasteiger partial charge in [-0.3, -0.25) is 9.59 Å². The Hall–Kier alpha value is -2.09. The number of rotatable bonds is 14. The number of hydrogen-bond donors (Lipinski definition) is 8. The second-order valence-electron chi connectivity index (χ2n) is 6.27. The molecule has 0 aromatic heterocycles. The normalized spacial score (nSPS) is 9.32. The Labute approximate surface area is 183 Å². The van der Waals surface area contributed by atoms with Crippen LogP contribution in [-0.4, -0.2) is 82.1 Å². The van der Waals surface area contributed by atoms with E-state index in [2.05, 4.69) is 11.3 Å². The van der Waals surface area contributed by atoms with Gasteiger partial charge in [0.2, 0.25) is 0 Å². The molecule has 31 heavy (non-hydrogen) atoms. The van der Waals surface area contributed by atoms with Gasteiger partial charge in [-0.2, -0.15) is 0 Å². The lowest BCUT2D eigenvalue weighted by Crippen LogP contribution is -2.37. The third kappa shape index (κ3) is 30.2. The first-order valence-corrected chi connectivity index (χ1v) is 9.26. The van der Waals surface area contributed by atoms with E-state index in [9.17, 15) is 14.4 Å². The van der Waals surface area contributed by atoms with Gasteiger partial charge in [-0.05, 0) is 12.8 Å². The molecule has 0 spiro atoms. The smallest absolute Gasteiger partial charge is 0.329 e. The van der Waals surface area contributed by atoms with Gasteiger partial charge in [0.1, 0.15) is 0 Å². The Balaban J connectivity index is -0.000000115. The van der Waals surface area contributed by atoms with Gasteiger partial charge in [0.05, 0.1) is 39.0 Å². The molecule has 188 valence electrons. The van der Waals surface area contributed by atoms with Crippen LogP contribution >= 0.6 is 0 Å². The molecule has 0 unspecified atom stereocenters. The molecule has 12 N–H and O–H groups in total. The molecule has 0 aromatic rings. The van der Waals surface area contributed by atoms with Crippen LogP contribution in [0.25, 0.3) is 0 Å². The highest BCUT2D eigenvalue weighted by Crippen LogP contribution is 2.12. The van der Waals surface area contributed by atoms with Crippen molar-refractivity contribution in [1.82, 2.24) is 12.3 Å². The van der Waals surface area contributed by atoms with Crippen LogP contribution in [0.4, 0.5) is 0 Å². The van der Waals surface area contributed by atoms with Crippen LogP contribution in [0, 0.1) is 5.41 Å². The van der Waals surface area contributed by atoms with Gasteiger partial charge < -0.3 is 47.7 Å². The van der Waals surface area contributed by atoms with Crippen molar-refractivity contribution in [2.24, 2.45) is 5.41 Å². The van der Waals surface area contributed by atoms with E-state index in [-0.39, 0.29) is 25.1 Å². The van der Waals surface area contributed by atoms with E-state index >= 15 is 0 Å². The van der Waals surface area contributed by atoms with E-state index in [4.69, 9.17) is 30.6 Å². The molecule has 0 fully saturated rings. The van der Waals surface area contributed by atoms with Crippen LogP contribution in [-0.2, 0) is 19.1 Å². The standard InChI is InChI=1S/C10H18O4.C5H12O4.C4H6O2.2H3N/c11-9(12)7-5-3-1-2-4-6-8-10(13)14;6-1-5(2-7,3-8)4-9;1-3-4(5)6-2;;/h1-8H2,(H,11,12)(H,13,14);6-9H,1-4H2;3H,1H2,2H3;2*1H3. The zero-order valence-electron chi connectivity index (χ0n) is 18.5. The Morgan fingerprint density at radius 1 is 0.742 bits per heavy atom. The number of hydrogen-bond acceptors (Lipinski definition) is 10. The van der Waals surface area contributed by atoms with Crippen LogP contribution in [0.3, 0.4) is 0 Å². The maximum atomic E-state index is 10.1. The molecule has 0 saturated carbocycles. The number of ether oxygens (including phenoxy) is 1. The topological polar surface area (TPSA) is 252 Å². The van der Waals surface area contributed by atoms with Gasteiger partial charge in [-0.1, -0.05) is 32.3 Å². The zero-order valence-corrected chi connectivity index (χ0v) is 18.5. The zero-order chi connectivity index (χ0) is 23.1. The van der Waals surface area contributed by atoms with Crippen LogP contribution in [0.1, 0.15) is 51.4 Å². The van der Waals surface area contributed by atoms with Gasteiger partial charge in [-0.15, -0.1) is 0 Å². The second-order valence-corrected chi connectivity index (χ2v) is 6.27. The van der Waals surface area contributed by atoms with Crippen molar-refractivity contribution in [3.05, 3.63) is 12.7 Å². The predicted octanol–water partition coefficient (Wildman–Crippen LogP) is 0.888. The highest BCUT2D eigenvalue weighted by Gasteiger charge is 2.26. The van der Waals surface area contributed by atoms with Crippen molar-refractivity contribution >= 4 is 17.9 Å². The monoisotopic (exact) mass is 458 g/mol. The Bertz CT molecular complexity index is 406. The van der Waals surface area contributed by atoms with E-state index in [1.54, 1.807) is 0 Å². The Kier molecular flexibility index (Phi) is 35.5. The molecule has 0 atom stereocenters. The van der Waals surface area contributed by atoms with Crippen LogP contribution in [0.5, 0.6) is 0 Å². The maximum absolute atomic E-state index is 10.1. The van der Waals surface area contributed by atoms with Crippen molar-refractivity contribution in [3.8, 4) is 0 Å². The summed E-state index contributed by atoms with van der Waals surface area (Å²) in [6.07, 6.45) is 6.94. The molecule has 0 aliphatic heterocycles. The summed E-state index contributed by atoms with van der Waals surface area (Å²) in [5, 5.41) is 50.7. The summed E-state index contributed by atoms with van der Waals surface area (Å²) in [6.45, 7) is 1.53. The molecule has 0 rings (SSSR count). The second kappa shape index (κ2) is 27.9. The highest BCUT2D eigenvalue weighted by atomic mass is 16.5. The lowest BCUT2D eigenvalue weighted by Gasteiger charge is -2.23. The van der Waals surface area contributed by atoms with Crippen LogP contribution in [0.15, 0.2) is 12.7 Å². The van der Waals surface area contributed by atoms with Crippen molar-refractivity contribution in [2.75, 3.05) is 33.5 Å². The van der Waals surface area contributed by atoms with E-state index in [0.29, 0.717) is 0 Å². The summed E-state index contributed by atoms with van der Waals surface area (Å²) in [6, 6.07) is 0. The average Bonchev–Trinajstić information content (AvgIpc) is 2.72.